The highest BCUT2D eigenvalue weighted by molar-refractivity contribution is 4.77. The highest BCUT2D eigenvalue weighted by atomic mass is 16.5. The third-order valence-corrected chi connectivity index (χ3v) is 3.13. The molecule has 1 rings (SSSR count). The van der Waals surface area contributed by atoms with Crippen LogP contribution in [0.1, 0.15) is 26.2 Å². The van der Waals surface area contributed by atoms with Gasteiger partial charge in [0.25, 0.3) is 0 Å². The fourth-order valence-electron chi connectivity index (χ4n) is 2.15. The van der Waals surface area contributed by atoms with Gasteiger partial charge in [-0.05, 0) is 32.9 Å². The summed E-state index contributed by atoms with van der Waals surface area (Å²) in [6, 6.07) is 0.185. The summed E-state index contributed by atoms with van der Waals surface area (Å²) in [4.78, 5) is 2.39. The predicted octanol–water partition coefficient (Wildman–Crippen LogP) is 0.458. The number of nitrogens with one attached hydrogen (secondary N) is 1. The first kappa shape index (κ1) is 13.9. The Morgan fingerprint density at radius 1 is 1.56 bits per heavy atom. The van der Waals surface area contributed by atoms with Crippen LogP contribution in [-0.4, -0.2) is 62.0 Å². The SMILES string of the molecule is CCCOC1CCCN(CC(CO)NC)C1. The number of aliphatic hydroxyl groups excluding tert-OH is 1. The number of ether oxygens (including phenoxy) is 1. The fourth-order valence-corrected chi connectivity index (χ4v) is 2.15. The Kier molecular flexibility index (Phi) is 6.96. The first-order valence-corrected chi connectivity index (χ1v) is 6.42. The molecule has 2 atom stereocenters. The van der Waals surface area contributed by atoms with Crippen molar-refractivity contribution >= 4 is 0 Å². The van der Waals surface area contributed by atoms with E-state index in [2.05, 4.69) is 17.1 Å². The quantitative estimate of drug-likeness (QED) is 0.667. The van der Waals surface area contributed by atoms with Crippen LogP contribution < -0.4 is 5.32 Å². The van der Waals surface area contributed by atoms with Crippen LogP contribution in [0.5, 0.6) is 0 Å². The number of hydrogen-bond donors (Lipinski definition) is 2. The fraction of sp³-hybridized carbons (Fsp3) is 1.00. The van der Waals surface area contributed by atoms with E-state index in [1.165, 1.54) is 12.8 Å². The third-order valence-electron chi connectivity index (χ3n) is 3.13. The molecule has 1 fully saturated rings. The van der Waals surface area contributed by atoms with Gasteiger partial charge >= 0.3 is 0 Å². The number of hydrogen-bond acceptors (Lipinski definition) is 4. The summed E-state index contributed by atoms with van der Waals surface area (Å²) >= 11 is 0. The Morgan fingerprint density at radius 2 is 2.38 bits per heavy atom. The summed E-state index contributed by atoms with van der Waals surface area (Å²) in [6.45, 7) is 6.27. The molecule has 0 aromatic rings. The first-order chi connectivity index (χ1) is 7.80. The van der Waals surface area contributed by atoms with Crippen LogP contribution in [0.15, 0.2) is 0 Å². The average Bonchev–Trinajstić information content (AvgIpc) is 2.34. The topological polar surface area (TPSA) is 44.7 Å². The van der Waals surface area contributed by atoms with Crippen molar-refractivity contribution < 1.29 is 9.84 Å². The van der Waals surface area contributed by atoms with Crippen molar-refractivity contribution in [3.8, 4) is 0 Å². The Morgan fingerprint density at radius 3 is 3.00 bits per heavy atom. The second kappa shape index (κ2) is 8.01. The van der Waals surface area contributed by atoms with Gasteiger partial charge in [0, 0.05) is 25.7 Å². The van der Waals surface area contributed by atoms with E-state index in [0.29, 0.717) is 6.10 Å². The standard InChI is InChI=1S/C12H26N2O2/c1-3-7-16-12-5-4-6-14(9-12)8-11(10-15)13-2/h11-13,15H,3-10H2,1-2H3. The molecular weight excluding hydrogens is 204 g/mol. The van der Waals surface area contributed by atoms with Crippen molar-refractivity contribution in [1.82, 2.24) is 10.2 Å². The maximum absolute atomic E-state index is 9.14. The molecule has 0 aromatic heterocycles. The lowest BCUT2D eigenvalue weighted by Crippen LogP contribution is -2.47. The largest absolute Gasteiger partial charge is 0.395 e. The van der Waals surface area contributed by atoms with Gasteiger partial charge in [0.2, 0.25) is 0 Å². The van der Waals surface area contributed by atoms with Crippen LogP contribution in [0, 0.1) is 0 Å². The van der Waals surface area contributed by atoms with Crippen molar-refractivity contribution in [2.75, 3.05) is 39.9 Å². The molecule has 0 saturated carbocycles. The van der Waals surface area contributed by atoms with Gasteiger partial charge in [0.05, 0.1) is 12.7 Å². The van der Waals surface area contributed by atoms with Gasteiger partial charge in [-0.1, -0.05) is 6.92 Å². The molecule has 96 valence electrons. The molecule has 0 spiro atoms. The second-order valence-electron chi connectivity index (χ2n) is 4.56. The van der Waals surface area contributed by atoms with Crippen molar-refractivity contribution in [1.29, 1.82) is 0 Å². The minimum atomic E-state index is 0.185. The molecule has 0 radical (unpaired) electrons. The zero-order chi connectivity index (χ0) is 11.8. The molecule has 0 aromatic carbocycles. The van der Waals surface area contributed by atoms with Gasteiger partial charge in [0.15, 0.2) is 0 Å². The summed E-state index contributed by atoms with van der Waals surface area (Å²) < 4.78 is 5.79. The van der Waals surface area contributed by atoms with Crippen LogP contribution >= 0.6 is 0 Å². The first-order valence-electron chi connectivity index (χ1n) is 6.42. The number of likely N-dealkylation sites (N-methyl/N-ethyl adjacent to an activating group) is 1. The molecule has 2 unspecified atom stereocenters. The number of piperidine rings is 1. The molecule has 4 heteroatoms. The van der Waals surface area contributed by atoms with E-state index >= 15 is 0 Å². The zero-order valence-electron chi connectivity index (χ0n) is 10.6. The van der Waals surface area contributed by atoms with E-state index in [0.717, 1.165) is 32.7 Å². The van der Waals surface area contributed by atoms with Crippen molar-refractivity contribution in [3.63, 3.8) is 0 Å². The Labute approximate surface area is 99.0 Å². The van der Waals surface area contributed by atoms with Crippen LogP contribution in [0.2, 0.25) is 0 Å². The number of likely N-dealkylation sites (tertiary alicyclic amines) is 1. The lowest BCUT2D eigenvalue weighted by atomic mass is 10.1. The Bertz CT molecular complexity index is 174. The minimum Gasteiger partial charge on any atom is -0.395 e. The summed E-state index contributed by atoms with van der Waals surface area (Å²) in [5, 5.41) is 12.3. The molecule has 1 saturated heterocycles. The monoisotopic (exact) mass is 230 g/mol. The summed E-state index contributed by atoms with van der Waals surface area (Å²) in [7, 11) is 1.90. The average molecular weight is 230 g/mol. The lowest BCUT2D eigenvalue weighted by molar-refractivity contribution is -0.00363. The molecular formula is C12H26N2O2. The predicted molar refractivity (Wildman–Crippen MR) is 65.6 cm³/mol. The van der Waals surface area contributed by atoms with E-state index in [1.807, 2.05) is 7.05 Å². The summed E-state index contributed by atoms with van der Waals surface area (Å²) in [5.41, 5.74) is 0. The van der Waals surface area contributed by atoms with Crippen LogP contribution in [0.4, 0.5) is 0 Å². The third kappa shape index (κ3) is 4.78. The van der Waals surface area contributed by atoms with Gasteiger partial charge in [-0.15, -0.1) is 0 Å². The van der Waals surface area contributed by atoms with E-state index in [9.17, 15) is 0 Å². The Hall–Kier alpha value is -0.160. The number of rotatable bonds is 7. The molecule has 2 N–H and O–H groups in total. The highest BCUT2D eigenvalue weighted by Crippen LogP contribution is 2.13. The lowest BCUT2D eigenvalue weighted by Gasteiger charge is -2.34. The normalized spacial score (nSPS) is 24.6. The second-order valence-corrected chi connectivity index (χ2v) is 4.56. The van der Waals surface area contributed by atoms with Gasteiger partial charge < -0.3 is 15.2 Å². The molecule has 1 aliphatic heterocycles. The molecule has 0 amide bonds. The van der Waals surface area contributed by atoms with Gasteiger partial charge in [-0.3, -0.25) is 4.90 Å². The Balaban J connectivity index is 2.26. The van der Waals surface area contributed by atoms with Crippen LogP contribution in [0.25, 0.3) is 0 Å². The van der Waals surface area contributed by atoms with Crippen LogP contribution in [-0.2, 0) is 4.74 Å². The molecule has 1 aliphatic rings. The summed E-state index contributed by atoms with van der Waals surface area (Å²) in [5.74, 6) is 0. The summed E-state index contributed by atoms with van der Waals surface area (Å²) in [6.07, 6.45) is 3.87. The van der Waals surface area contributed by atoms with Crippen molar-refractivity contribution in [3.05, 3.63) is 0 Å². The molecule has 0 aliphatic carbocycles. The van der Waals surface area contributed by atoms with Crippen LogP contribution in [0.3, 0.4) is 0 Å². The molecule has 4 nitrogen and oxygen atoms in total. The highest BCUT2D eigenvalue weighted by Gasteiger charge is 2.21. The van der Waals surface area contributed by atoms with Gasteiger partial charge in [-0.25, -0.2) is 0 Å². The number of nitrogens with zero attached hydrogens (tertiary/aromatic N) is 1. The van der Waals surface area contributed by atoms with Gasteiger partial charge in [-0.2, -0.15) is 0 Å². The van der Waals surface area contributed by atoms with E-state index in [1.54, 1.807) is 0 Å². The smallest absolute Gasteiger partial charge is 0.0702 e. The zero-order valence-corrected chi connectivity index (χ0v) is 10.6. The van der Waals surface area contributed by atoms with Crippen molar-refractivity contribution in [2.24, 2.45) is 0 Å². The van der Waals surface area contributed by atoms with E-state index in [-0.39, 0.29) is 12.6 Å². The molecule has 1 heterocycles. The van der Waals surface area contributed by atoms with E-state index in [4.69, 9.17) is 9.84 Å². The maximum Gasteiger partial charge on any atom is 0.0702 e. The molecule has 0 bridgehead atoms. The van der Waals surface area contributed by atoms with Crippen molar-refractivity contribution in [2.45, 2.75) is 38.3 Å². The number of aliphatic hydroxyl groups is 1. The maximum atomic E-state index is 9.14. The van der Waals surface area contributed by atoms with Gasteiger partial charge in [0.1, 0.15) is 0 Å². The molecule has 16 heavy (non-hydrogen) atoms. The van der Waals surface area contributed by atoms with E-state index < -0.39 is 0 Å². The minimum absolute atomic E-state index is 0.185.